The predicted molar refractivity (Wildman–Crippen MR) is 121 cm³/mol. The first kappa shape index (κ1) is 21.8. The number of hydrogen-bond donors (Lipinski definition) is 3. The number of ether oxygens (including phenoxy) is 2. The molecule has 2 saturated heterocycles. The first-order valence-electron chi connectivity index (χ1n) is 10.8. The monoisotopic (exact) mass is 460 g/mol. The van der Waals surface area contributed by atoms with E-state index in [2.05, 4.69) is 25.9 Å². The normalized spacial score (nSPS) is 23.1. The molecule has 34 heavy (non-hydrogen) atoms. The Labute approximate surface area is 194 Å². The van der Waals surface area contributed by atoms with Crippen LogP contribution in [0.2, 0.25) is 0 Å². The second-order valence-corrected chi connectivity index (χ2v) is 8.02. The van der Waals surface area contributed by atoms with Gasteiger partial charge in [0.1, 0.15) is 18.0 Å². The average Bonchev–Trinajstić information content (AvgIpc) is 3.42. The molecule has 0 saturated carbocycles. The van der Waals surface area contributed by atoms with Crippen LogP contribution < -0.4 is 16.0 Å². The molecule has 2 aliphatic heterocycles. The van der Waals surface area contributed by atoms with Crippen molar-refractivity contribution in [1.82, 2.24) is 15.3 Å². The number of carbonyl (C=O) groups is 1. The largest absolute Gasteiger partial charge is 0.371 e. The fraction of sp³-hybridized carbons (Fsp3) is 0.250. The van der Waals surface area contributed by atoms with Crippen LogP contribution in [0.4, 0.5) is 20.8 Å². The van der Waals surface area contributed by atoms with Crippen molar-refractivity contribution in [3.63, 3.8) is 0 Å². The van der Waals surface area contributed by atoms with Crippen molar-refractivity contribution in [2.45, 2.75) is 24.3 Å². The van der Waals surface area contributed by atoms with E-state index >= 15 is 0 Å². The van der Waals surface area contributed by atoms with E-state index in [-0.39, 0.29) is 30.1 Å². The van der Waals surface area contributed by atoms with E-state index in [9.17, 15) is 9.18 Å². The van der Waals surface area contributed by atoms with Gasteiger partial charge in [0.2, 0.25) is 5.95 Å². The summed E-state index contributed by atoms with van der Waals surface area (Å²) in [5.74, 6) is 0.0449. The van der Waals surface area contributed by atoms with Crippen LogP contribution in [0.3, 0.4) is 0 Å². The molecule has 2 aromatic carbocycles. The summed E-state index contributed by atoms with van der Waals surface area (Å²) in [5.41, 5.74) is 2.23. The molecule has 2 fully saturated rings. The van der Waals surface area contributed by atoms with Crippen molar-refractivity contribution in [2.75, 3.05) is 23.8 Å². The summed E-state index contributed by atoms with van der Waals surface area (Å²) in [6, 6.07) is 15.7. The number of halogens is 1. The number of nitrogens with zero attached hydrogens (tertiary/aromatic N) is 3. The van der Waals surface area contributed by atoms with E-state index < -0.39 is 6.03 Å². The lowest BCUT2D eigenvalue weighted by Gasteiger charge is -2.18. The van der Waals surface area contributed by atoms with Crippen LogP contribution in [-0.4, -0.2) is 53.5 Å². The van der Waals surface area contributed by atoms with Crippen LogP contribution in [0.1, 0.15) is 5.56 Å². The molecule has 3 N–H and O–H groups in total. The van der Waals surface area contributed by atoms with Crippen LogP contribution >= 0.6 is 0 Å². The van der Waals surface area contributed by atoms with Gasteiger partial charge in [-0.2, -0.15) is 5.26 Å². The van der Waals surface area contributed by atoms with E-state index in [0.29, 0.717) is 41.7 Å². The van der Waals surface area contributed by atoms with Gasteiger partial charge >= 0.3 is 6.03 Å². The number of amides is 2. The van der Waals surface area contributed by atoms with Crippen molar-refractivity contribution in [2.24, 2.45) is 0 Å². The van der Waals surface area contributed by atoms with Gasteiger partial charge in [0.05, 0.1) is 42.6 Å². The highest BCUT2D eigenvalue weighted by Crippen LogP contribution is 2.29. The molecule has 0 radical (unpaired) electrons. The molecule has 2 aliphatic rings. The third kappa shape index (κ3) is 4.66. The van der Waals surface area contributed by atoms with E-state index in [1.54, 1.807) is 48.7 Å². The topological polar surface area (TPSA) is 121 Å². The quantitative estimate of drug-likeness (QED) is 0.535. The van der Waals surface area contributed by atoms with Crippen LogP contribution in [0, 0.1) is 17.1 Å². The molecule has 3 heterocycles. The molecule has 0 bridgehead atoms. The van der Waals surface area contributed by atoms with Gasteiger partial charge < -0.3 is 25.4 Å². The number of rotatable bonds is 5. The Morgan fingerprint density at radius 2 is 1.85 bits per heavy atom. The lowest BCUT2D eigenvalue weighted by Crippen LogP contribution is -2.46. The molecule has 4 atom stereocenters. The van der Waals surface area contributed by atoms with Crippen molar-refractivity contribution < 1.29 is 18.7 Å². The SMILES string of the molecule is N#Cc1cccc(NC(=O)N[C@@H]2CO[C@@H]3[C@@H]2OC[C@@H]3Nc2nccc(-c3cccc(F)c3)n2)c1. The van der Waals surface area contributed by atoms with Crippen molar-refractivity contribution in [3.8, 4) is 17.3 Å². The van der Waals surface area contributed by atoms with Crippen molar-refractivity contribution in [1.29, 1.82) is 5.26 Å². The zero-order valence-corrected chi connectivity index (χ0v) is 17.9. The van der Waals surface area contributed by atoms with Gasteiger partial charge in [0.15, 0.2) is 0 Å². The summed E-state index contributed by atoms with van der Waals surface area (Å²) in [6.45, 7) is 0.649. The lowest BCUT2D eigenvalue weighted by molar-refractivity contribution is 0.0683. The first-order chi connectivity index (χ1) is 16.6. The Bertz CT molecular complexity index is 1250. The molecule has 1 aromatic heterocycles. The van der Waals surface area contributed by atoms with Gasteiger partial charge in [-0.1, -0.05) is 18.2 Å². The molecular formula is C24H21FN6O3. The van der Waals surface area contributed by atoms with Gasteiger partial charge in [-0.25, -0.2) is 19.2 Å². The Morgan fingerprint density at radius 3 is 2.68 bits per heavy atom. The smallest absolute Gasteiger partial charge is 0.319 e. The van der Waals surface area contributed by atoms with Crippen LogP contribution in [-0.2, 0) is 9.47 Å². The van der Waals surface area contributed by atoms with Gasteiger partial charge in [0, 0.05) is 17.4 Å². The third-order valence-electron chi connectivity index (χ3n) is 5.71. The number of carbonyl (C=O) groups excluding carboxylic acids is 1. The highest BCUT2D eigenvalue weighted by molar-refractivity contribution is 5.89. The summed E-state index contributed by atoms with van der Waals surface area (Å²) >= 11 is 0. The third-order valence-corrected chi connectivity index (χ3v) is 5.71. The number of urea groups is 1. The minimum absolute atomic E-state index is 0.213. The van der Waals surface area contributed by atoms with Crippen molar-refractivity contribution in [3.05, 3.63) is 72.2 Å². The zero-order chi connectivity index (χ0) is 23.5. The zero-order valence-electron chi connectivity index (χ0n) is 17.9. The van der Waals surface area contributed by atoms with Gasteiger partial charge in [-0.3, -0.25) is 0 Å². The average molecular weight is 460 g/mol. The number of fused-ring (bicyclic) bond motifs is 1. The number of hydrogen-bond acceptors (Lipinski definition) is 7. The molecule has 0 aliphatic carbocycles. The summed E-state index contributed by atoms with van der Waals surface area (Å²) in [6.07, 6.45) is 0.975. The predicted octanol–water partition coefficient (Wildman–Crippen LogP) is 2.92. The molecule has 9 nitrogen and oxygen atoms in total. The molecule has 0 unspecified atom stereocenters. The van der Waals surface area contributed by atoms with E-state index in [1.165, 1.54) is 12.1 Å². The Hall–Kier alpha value is -4.07. The minimum atomic E-state index is -0.407. The number of nitrogens with one attached hydrogen (secondary N) is 3. The fourth-order valence-electron chi connectivity index (χ4n) is 4.15. The molecular weight excluding hydrogens is 439 g/mol. The second-order valence-electron chi connectivity index (χ2n) is 8.02. The van der Waals surface area contributed by atoms with Gasteiger partial charge in [-0.15, -0.1) is 0 Å². The van der Waals surface area contributed by atoms with E-state index in [1.807, 2.05) is 6.07 Å². The van der Waals surface area contributed by atoms with E-state index in [0.717, 1.165) is 0 Å². The Balaban J connectivity index is 1.20. The van der Waals surface area contributed by atoms with Crippen molar-refractivity contribution >= 4 is 17.7 Å². The van der Waals surface area contributed by atoms with Crippen LogP contribution in [0.15, 0.2) is 60.8 Å². The number of benzene rings is 2. The minimum Gasteiger partial charge on any atom is -0.371 e. The lowest BCUT2D eigenvalue weighted by atomic mass is 10.1. The summed E-state index contributed by atoms with van der Waals surface area (Å²) in [4.78, 5) is 21.2. The maximum absolute atomic E-state index is 13.6. The Morgan fingerprint density at radius 1 is 1.06 bits per heavy atom. The number of aromatic nitrogens is 2. The summed E-state index contributed by atoms with van der Waals surface area (Å²) in [7, 11) is 0. The molecule has 172 valence electrons. The maximum Gasteiger partial charge on any atom is 0.319 e. The molecule has 10 heteroatoms. The molecule has 0 spiro atoms. The van der Waals surface area contributed by atoms with E-state index in [4.69, 9.17) is 14.7 Å². The fourth-order valence-corrected chi connectivity index (χ4v) is 4.15. The molecule has 2 amide bonds. The highest BCUT2D eigenvalue weighted by atomic mass is 19.1. The molecule has 3 aromatic rings. The standard InChI is InChI=1S/C24H21FN6O3/c25-16-5-2-4-15(10-16)18-7-8-27-23(29-18)30-19-12-33-22-20(13-34-21(19)22)31-24(32)28-17-6-1-3-14(9-17)11-26/h1-10,19-22H,12-13H2,(H,27,29,30)(H2,28,31,32)/t19-,20+,21-,22+/m0/s1. The highest BCUT2D eigenvalue weighted by Gasteiger charge is 2.48. The first-order valence-corrected chi connectivity index (χ1v) is 10.8. The molecule has 5 rings (SSSR count). The number of nitriles is 1. The summed E-state index contributed by atoms with van der Waals surface area (Å²) in [5, 5.41) is 17.8. The maximum atomic E-state index is 13.6. The Kier molecular flexibility index (Phi) is 6.03. The van der Waals surface area contributed by atoms with Gasteiger partial charge in [-0.05, 0) is 36.4 Å². The van der Waals surface area contributed by atoms with Crippen LogP contribution in [0.25, 0.3) is 11.3 Å². The second kappa shape index (κ2) is 9.43. The van der Waals surface area contributed by atoms with Gasteiger partial charge in [0.25, 0.3) is 0 Å². The summed E-state index contributed by atoms with van der Waals surface area (Å²) < 4.78 is 25.4. The number of anilines is 2. The van der Waals surface area contributed by atoms with Crippen LogP contribution in [0.5, 0.6) is 0 Å².